The molecule has 3 aromatic rings. The predicted molar refractivity (Wildman–Crippen MR) is 88.2 cm³/mol. The summed E-state index contributed by atoms with van der Waals surface area (Å²) in [6, 6.07) is 5.42. The summed E-state index contributed by atoms with van der Waals surface area (Å²) in [7, 11) is 1.46. The fraction of sp³-hybridized carbons (Fsp3) is 0.294. The molecule has 0 aliphatic rings. The summed E-state index contributed by atoms with van der Waals surface area (Å²) in [5.41, 5.74) is 3.04. The Morgan fingerprint density at radius 1 is 1.23 bits per heavy atom. The molecule has 0 radical (unpaired) electrons. The van der Waals surface area contributed by atoms with E-state index in [4.69, 9.17) is 4.74 Å². The lowest BCUT2D eigenvalue weighted by Crippen LogP contribution is -1.95. The highest BCUT2D eigenvalue weighted by molar-refractivity contribution is 7.13. The summed E-state index contributed by atoms with van der Waals surface area (Å²) >= 11 is 1.54. The van der Waals surface area contributed by atoms with Gasteiger partial charge in [0.2, 0.25) is 0 Å². The summed E-state index contributed by atoms with van der Waals surface area (Å²) in [6.45, 7) is 6.15. The topological polar surface area (TPSA) is 35.0 Å². The molecule has 0 atom stereocenters. The third kappa shape index (κ3) is 2.46. The van der Waals surface area contributed by atoms with Crippen molar-refractivity contribution in [2.24, 2.45) is 0 Å². The minimum absolute atomic E-state index is 0.207. The molecule has 0 saturated heterocycles. The number of thiazole rings is 1. The van der Waals surface area contributed by atoms with E-state index >= 15 is 0 Å². The Morgan fingerprint density at radius 3 is 2.64 bits per heavy atom. The number of rotatable bonds is 3. The first-order chi connectivity index (χ1) is 10.5. The number of benzene rings is 1. The van der Waals surface area contributed by atoms with Gasteiger partial charge in [-0.3, -0.25) is 0 Å². The van der Waals surface area contributed by atoms with Crippen LogP contribution in [0.25, 0.3) is 21.6 Å². The number of hydrogen-bond acceptors (Lipinski definition) is 4. The number of methoxy groups -OCH3 is 1. The Labute approximate surface area is 132 Å². The molecule has 1 aromatic carbocycles. The molecule has 3 nitrogen and oxygen atoms in total. The molecule has 0 aliphatic heterocycles. The van der Waals surface area contributed by atoms with E-state index in [2.05, 4.69) is 23.8 Å². The third-order valence-corrected chi connectivity index (χ3v) is 4.53. The van der Waals surface area contributed by atoms with Crippen LogP contribution in [-0.4, -0.2) is 17.1 Å². The van der Waals surface area contributed by atoms with Crippen LogP contribution in [0.15, 0.2) is 23.6 Å². The van der Waals surface area contributed by atoms with Crippen molar-refractivity contribution in [2.75, 3.05) is 7.11 Å². The van der Waals surface area contributed by atoms with Gasteiger partial charge in [0, 0.05) is 10.8 Å². The molecule has 0 saturated carbocycles. The first kappa shape index (κ1) is 14.9. The lowest BCUT2D eigenvalue weighted by Gasteiger charge is -2.08. The lowest BCUT2D eigenvalue weighted by atomic mass is 10.1. The second-order valence-corrected chi connectivity index (χ2v) is 6.39. The molecule has 114 valence electrons. The summed E-state index contributed by atoms with van der Waals surface area (Å²) in [4.78, 5) is 9.08. The van der Waals surface area contributed by atoms with E-state index in [1.54, 1.807) is 6.07 Å². The molecule has 0 fully saturated rings. The van der Waals surface area contributed by atoms with Gasteiger partial charge < -0.3 is 4.74 Å². The summed E-state index contributed by atoms with van der Waals surface area (Å²) in [5.74, 6) is 0.146. The van der Waals surface area contributed by atoms with E-state index in [0.717, 1.165) is 21.7 Å². The quantitative estimate of drug-likeness (QED) is 0.686. The Hall–Kier alpha value is -2.01. The van der Waals surface area contributed by atoms with E-state index in [0.29, 0.717) is 17.1 Å². The summed E-state index contributed by atoms with van der Waals surface area (Å²) in [5, 5.41) is 3.64. The second-order valence-electron chi connectivity index (χ2n) is 5.53. The zero-order valence-electron chi connectivity index (χ0n) is 13.0. The Balaban J connectivity index is 2.20. The number of aromatic nitrogens is 2. The van der Waals surface area contributed by atoms with Crippen molar-refractivity contribution in [3.05, 3.63) is 40.7 Å². The molecular weight excluding hydrogens is 299 g/mol. The monoisotopic (exact) mass is 316 g/mol. The van der Waals surface area contributed by atoms with Crippen LogP contribution in [0, 0.1) is 12.7 Å². The van der Waals surface area contributed by atoms with Gasteiger partial charge in [-0.15, -0.1) is 11.3 Å². The van der Waals surface area contributed by atoms with Gasteiger partial charge in [-0.2, -0.15) is 0 Å². The van der Waals surface area contributed by atoms with Crippen molar-refractivity contribution < 1.29 is 9.13 Å². The normalized spacial score (nSPS) is 11.4. The van der Waals surface area contributed by atoms with Crippen LogP contribution in [0.3, 0.4) is 0 Å². The van der Waals surface area contributed by atoms with Crippen LogP contribution in [0.2, 0.25) is 0 Å². The van der Waals surface area contributed by atoms with E-state index in [1.807, 2.05) is 24.4 Å². The lowest BCUT2D eigenvalue weighted by molar-refractivity contribution is 0.388. The van der Waals surface area contributed by atoms with Gasteiger partial charge >= 0.3 is 0 Å². The maximum Gasteiger partial charge on any atom is 0.191 e. The zero-order chi connectivity index (χ0) is 15.9. The Kier molecular flexibility index (Phi) is 3.83. The third-order valence-electron chi connectivity index (χ3n) is 3.64. The van der Waals surface area contributed by atoms with Crippen LogP contribution in [-0.2, 0) is 0 Å². The number of aryl methyl sites for hydroxylation is 1. The second kappa shape index (κ2) is 5.65. The Morgan fingerprint density at radius 2 is 2.00 bits per heavy atom. The van der Waals surface area contributed by atoms with Crippen LogP contribution < -0.4 is 4.74 Å². The first-order valence-electron chi connectivity index (χ1n) is 7.11. The van der Waals surface area contributed by atoms with E-state index in [-0.39, 0.29) is 5.75 Å². The average molecular weight is 316 g/mol. The highest BCUT2D eigenvalue weighted by Gasteiger charge is 2.15. The predicted octanol–water partition coefficient (Wildman–Crippen LogP) is 4.94. The van der Waals surface area contributed by atoms with Gasteiger partial charge in [-0.25, -0.2) is 14.4 Å². The van der Waals surface area contributed by atoms with Gasteiger partial charge in [0.05, 0.1) is 12.8 Å². The number of fused-ring (bicyclic) bond motifs is 1. The van der Waals surface area contributed by atoms with E-state index < -0.39 is 5.82 Å². The maximum absolute atomic E-state index is 14.5. The van der Waals surface area contributed by atoms with Crippen molar-refractivity contribution in [3.8, 4) is 16.5 Å². The maximum atomic E-state index is 14.5. The van der Waals surface area contributed by atoms with Crippen LogP contribution in [0.1, 0.15) is 31.0 Å². The number of halogens is 1. The van der Waals surface area contributed by atoms with Crippen molar-refractivity contribution in [3.63, 3.8) is 0 Å². The number of pyridine rings is 1. The standard InChI is InChI=1S/C17H17FN2OS/c1-9(2)13-8-22-17(20-13)12-7-10(3)11-5-6-14(21-4)15(18)16(11)19-12/h5-9H,1-4H3. The Bertz CT molecular complexity index is 842. The molecule has 0 unspecified atom stereocenters. The van der Waals surface area contributed by atoms with E-state index in [9.17, 15) is 4.39 Å². The fourth-order valence-corrected chi connectivity index (χ4v) is 3.29. The number of nitrogens with zero attached hydrogens (tertiary/aromatic N) is 2. The molecular formula is C17H17FN2OS. The minimum atomic E-state index is -0.425. The SMILES string of the molecule is COc1ccc2c(C)cc(-c3nc(C(C)C)cs3)nc2c1F. The van der Waals surface area contributed by atoms with Gasteiger partial charge in [0.25, 0.3) is 0 Å². The number of ether oxygens (including phenoxy) is 1. The highest BCUT2D eigenvalue weighted by Crippen LogP contribution is 2.32. The highest BCUT2D eigenvalue weighted by atomic mass is 32.1. The molecule has 0 spiro atoms. The minimum Gasteiger partial charge on any atom is -0.494 e. The molecule has 2 heterocycles. The fourth-order valence-electron chi connectivity index (χ4n) is 2.35. The van der Waals surface area contributed by atoms with Crippen molar-refractivity contribution >= 4 is 22.2 Å². The van der Waals surface area contributed by atoms with Crippen molar-refractivity contribution in [1.82, 2.24) is 9.97 Å². The van der Waals surface area contributed by atoms with Gasteiger partial charge in [-0.1, -0.05) is 13.8 Å². The molecule has 5 heteroatoms. The van der Waals surface area contributed by atoms with Crippen molar-refractivity contribution in [2.45, 2.75) is 26.7 Å². The molecule has 3 rings (SSSR count). The smallest absolute Gasteiger partial charge is 0.191 e. The summed E-state index contributed by atoms with van der Waals surface area (Å²) < 4.78 is 19.5. The zero-order valence-corrected chi connectivity index (χ0v) is 13.8. The van der Waals surface area contributed by atoms with E-state index in [1.165, 1.54) is 18.4 Å². The molecule has 0 bridgehead atoms. The van der Waals surface area contributed by atoms with Gasteiger partial charge in [0.1, 0.15) is 16.2 Å². The van der Waals surface area contributed by atoms with Gasteiger partial charge in [0.15, 0.2) is 11.6 Å². The van der Waals surface area contributed by atoms with Gasteiger partial charge in [-0.05, 0) is 36.6 Å². The summed E-state index contributed by atoms with van der Waals surface area (Å²) in [6.07, 6.45) is 0. The molecule has 0 N–H and O–H groups in total. The first-order valence-corrected chi connectivity index (χ1v) is 7.99. The molecule has 0 aliphatic carbocycles. The number of hydrogen-bond donors (Lipinski definition) is 0. The molecule has 22 heavy (non-hydrogen) atoms. The van der Waals surface area contributed by atoms with Crippen LogP contribution in [0.4, 0.5) is 4.39 Å². The van der Waals surface area contributed by atoms with Crippen LogP contribution in [0.5, 0.6) is 5.75 Å². The molecule has 2 aromatic heterocycles. The van der Waals surface area contributed by atoms with Crippen molar-refractivity contribution in [1.29, 1.82) is 0 Å². The molecule has 0 amide bonds. The largest absolute Gasteiger partial charge is 0.494 e. The van der Waals surface area contributed by atoms with Crippen LogP contribution >= 0.6 is 11.3 Å². The average Bonchev–Trinajstić information content (AvgIpc) is 2.98.